The number of aliphatic carboxylic acids is 1. The molecule has 0 fully saturated rings. The third kappa shape index (κ3) is 3.70. The quantitative estimate of drug-likeness (QED) is 0.839. The van der Waals surface area contributed by atoms with Crippen molar-refractivity contribution in [1.82, 2.24) is 0 Å². The summed E-state index contributed by atoms with van der Waals surface area (Å²) in [7, 11) is 0. The third-order valence-corrected chi connectivity index (χ3v) is 3.15. The zero-order chi connectivity index (χ0) is 14.6. The number of hydrogen-bond donors (Lipinski definition) is 2. The van der Waals surface area contributed by atoms with E-state index in [1.165, 1.54) is 0 Å². The predicted molar refractivity (Wildman–Crippen MR) is 64.1 cm³/mol. The molecule has 0 saturated heterocycles. The van der Waals surface area contributed by atoms with Crippen LogP contribution in [0.4, 0.5) is 13.2 Å². The van der Waals surface area contributed by atoms with Gasteiger partial charge in [-0.3, -0.25) is 4.79 Å². The molecule has 3 N–H and O–H groups in total. The molecular formula is C13H16F3NO2. The van der Waals surface area contributed by atoms with Crippen LogP contribution < -0.4 is 5.73 Å². The van der Waals surface area contributed by atoms with Gasteiger partial charge in [-0.1, -0.05) is 6.92 Å². The SMILES string of the molecule is CCC(CC(CN)C(=O)O)c1c(F)cc(F)cc1F. The average Bonchev–Trinajstić information content (AvgIpc) is 2.31. The first-order valence-electron chi connectivity index (χ1n) is 5.98. The zero-order valence-electron chi connectivity index (χ0n) is 10.5. The van der Waals surface area contributed by atoms with E-state index in [4.69, 9.17) is 10.8 Å². The molecule has 2 unspecified atom stereocenters. The molecule has 0 aliphatic heterocycles. The summed E-state index contributed by atoms with van der Waals surface area (Å²) in [5.41, 5.74) is 5.05. The molecule has 2 atom stereocenters. The number of carboxylic acids is 1. The molecule has 0 heterocycles. The van der Waals surface area contributed by atoms with Crippen molar-refractivity contribution in [2.24, 2.45) is 11.7 Å². The Balaban J connectivity index is 3.07. The zero-order valence-corrected chi connectivity index (χ0v) is 10.5. The summed E-state index contributed by atoms with van der Waals surface area (Å²) in [5.74, 6) is -5.62. The first-order chi connectivity index (χ1) is 8.90. The number of benzene rings is 1. The largest absolute Gasteiger partial charge is 0.481 e. The normalized spacial score (nSPS) is 14.2. The molecule has 6 heteroatoms. The summed E-state index contributed by atoms with van der Waals surface area (Å²) in [6.07, 6.45) is 0.352. The molecule has 1 aromatic rings. The highest BCUT2D eigenvalue weighted by Crippen LogP contribution is 2.31. The summed E-state index contributed by atoms with van der Waals surface area (Å²) in [4.78, 5) is 10.9. The lowest BCUT2D eigenvalue weighted by Gasteiger charge is -2.20. The second-order valence-electron chi connectivity index (χ2n) is 4.39. The Kier molecular flexibility index (Phi) is 5.35. The number of carboxylic acid groups (broad SMARTS) is 1. The van der Waals surface area contributed by atoms with Crippen molar-refractivity contribution in [3.63, 3.8) is 0 Å². The molecule has 19 heavy (non-hydrogen) atoms. The number of rotatable bonds is 6. The van der Waals surface area contributed by atoms with E-state index in [1.807, 2.05) is 0 Å². The number of hydrogen-bond acceptors (Lipinski definition) is 2. The van der Waals surface area contributed by atoms with Crippen LogP contribution >= 0.6 is 0 Å². The third-order valence-electron chi connectivity index (χ3n) is 3.15. The Morgan fingerprint density at radius 2 is 1.84 bits per heavy atom. The Labute approximate surface area is 109 Å². The van der Waals surface area contributed by atoms with Crippen molar-refractivity contribution in [3.05, 3.63) is 35.1 Å². The summed E-state index contributed by atoms with van der Waals surface area (Å²) in [6.45, 7) is 1.57. The van der Waals surface area contributed by atoms with Gasteiger partial charge in [-0.05, 0) is 18.8 Å². The van der Waals surface area contributed by atoms with E-state index in [9.17, 15) is 18.0 Å². The van der Waals surface area contributed by atoms with Crippen LogP contribution in [0, 0.1) is 23.4 Å². The van der Waals surface area contributed by atoms with Gasteiger partial charge in [0.15, 0.2) is 0 Å². The lowest BCUT2D eigenvalue weighted by molar-refractivity contribution is -0.141. The minimum Gasteiger partial charge on any atom is -0.481 e. The van der Waals surface area contributed by atoms with E-state index < -0.39 is 35.3 Å². The van der Waals surface area contributed by atoms with Crippen molar-refractivity contribution < 1.29 is 23.1 Å². The standard InChI is InChI=1S/C13H16F3NO2/c1-2-7(3-8(6-17)13(18)19)12-10(15)4-9(14)5-11(12)16/h4-5,7-8H,2-3,6,17H2,1H3,(H,18,19). The van der Waals surface area contributed by atoms with Crippen molar-refractivity contribution in [1.29, 1.82) is 0 Å². The molecule has 0 spiro atoms. The maximum Gasteiger partial charge on any atom is 0.307 e. The van der Waals surface area contributed by atoms with E-state index in [-0.39, 0.29) is 18.5 Å². The minimum absolute atomic E-state index is 0.0157. The van der Waals surface area contributed by atoms with Crippen LogP contribution in [-0.4, -0.2) is 17.6 Å². The molecule has 0 amide bonds. The van der Waals surface area contributed by atoms with Gasteiger partial charge in [0.05, 0.1) is 5.92 Å². The molecule has 0 saturated carbocycles. The first-order valence-corrected chi connectivity index (χ1v) is 5.98. The van der Waals surface area contributed by atoms with Crippen LogP contribution in [0.15, 0.2) is 12.1 Å². The number of carbonyl (C=O) groups is 1. The topological polar surface area (TPSA) is 63.3 Å². The van der Waals surface area contributed by atoms with Gasteiger partial charge in [0.1, 0.15) is 17.5 Å². The van der Waals surface area contributed by atoms with Crippen LogP contribution in [0.1, 0.15) is 31.2 Å². The highest BCUT2D eigenvalue weighted by atomic mass is 19.1. The van der Waals surface area contributed by atoms with Crippen molar-refractivity contribution >= 4 is 5.97 Å². The molecule has 0 aliphatic carbocycles. The highest BCUT2D eigenvalue weighted by molar-refractivity contribution is 5.70. The smallest absolute Gasteiger partial charge is 0.307 e. The lowest BCUT2D eigenvalue weighted by atomic mass is 9.86. The van der Waals surface area contributed by atoms with Crippen molar-refractivity contribution in [2.45, 2.75) is 25.7 Å². The van der Waals surface area contributed by atoms with Gasteiger partial charge in [-0.15, -0.1) is 0 Å². The number of nitrogens with two attached hydrogens (primary N) is 1. The van der Waals surface area contributed by atoms with E-state index in [1.54, 1.807) is 6.92 Å². The van der Waals surface area contributed by atoms with Gasteiger partial charge in [0.25, 0.3) is 0 Å². The Morgan fingerprint density at radius 1 is 1.32 bits per heavy atom. The Morgan fingerprint density at radius 3 is 2.21 bits per heavy atom. The van der Waals surface area contributed by atoms with Crippen LogP contribution in [0.25, 0.3) is 0 Å². The summed E-state index contributed by atoms with van der Waals surface area (Å²) in [6, 6.07) is 1.19. The predicted octanol–water partition coefficient (Wildman–Crippen LogP) is 2.65. The van der Waals surface area contributed by atoms with E-state index in [2.05, 4.69) is 0 Å². The second kappa shape index (κ2) is 6.56. The van der Waals surface area contributed by atoms with Crippen LogP contribution in [0.5, 0.6) is 0 Å². The number of halogens is 3. The van der Waals surface area contributed by atoms with E-state index in [0.29, 0.717) is 18.6 Å². The van der Waals surface area contributed by atoms with Gasteiger partial charge in [0, 0.05) is 24.2 Å². The van der Waals surface area contributed by atoms with Crippen LogP contribution in [0.3, 0.4) is 0 Å². The molecule has 0 bridgehead atoms. The maximum atomic E-state index is 13.6. The monoisotopic (exact) mass is 275 g/mol. The summed E-state index contributed by atoms with van der Waals surface area (Å²) < 4.78 is 40.1. The second-order valence-corrected chi connectivity index (χ2v) is 4.39. The van der Waals surface area contributed by atoms with E-state index >= 15 is 0 Å². The molecule has 0 radical (unpaired) electrons. The molecule has 0 aliphatic rings. The molecule has 106 valence electrons. The Hall–Kier alpha value is -1.56. The molecular weight excluding hydrogens is 259 g/mol. The fourth-order valence-corrected chi connectivity index (χ4v) is 2.07. The fourth-order valence-electron chi connectivity index (χ4n) is 2.07. The van der Waals surface area contributed by atoms with Gasteiger partial charge >= 0.3 is 5.97 Å². The lowest BCUT2D eigenvalue weighted by Crippen LogP contribution is -2.25. The van der Waals surface area contributed by atoms with Crippen LogP contribution in [0.2, 0.25) is 0 Å². The highest BCUT2D eigenvalue weighted by Gasteiger charge is 2.26. The van der Waals surface area contributed by atoms with Gasteiger partial charge in [-0.2, -0.15) is 0 Å². The van der Waals surface area contributed by atoms with Gasteiger partial charge < -0.3 is 10.8 Å². The fraction of sp³-hybridized carbons (Fsp3) is 0.462. The Bertz CT molecular complexity index is 442. The van der Waals surface area contributed by atoms with Crippen LogP contribution in [-0.2, 0) is 4.79 Å². The molecule has 1 rings (SSSR count). The summed E-state index contributed by atoms with van der Waals surface area (Å²) in [5, 5.41) is 8.92. The van der Waals surface area contributed by atoms with Gasteiger partial charge in [-0.25, -0.2) is 13.2 Å². The summed E-state index contributed by atoms with van der Waals surface area (Å²) >= 11 is 0. The van der Waals surface area contributed by atoms with Crippen molar-refractivity contribution in [2.75, 3.05) is 6.54 Å². The molecule has 3 nitrogen and oxygen atoms in total. The van der Waals surface area contributed by atoms with E-state index in [0.717, 1.165) is 0 Å². The first kappa shape index (κ1) is 15.5. The maximum absolute atomic E-state index is 13.6. The minimum atomic E-state index is -1.11. The molecule has 1 aromatic carbocycles. The van der Waals surface area contributed by atoms with Gasteiger partial charge in [0.2, 0.25) is 0 Å². The molecule has 0 aromatic heterocycles. The van der Waals surface area contributed by atoms with Crippen molar-refractivity contribution in [3.8, 4) is 0 Å². The average molecular weight is 275 g/mol.